The molecule has 2 rings (SSSR count). The van der Waals surface area contributed by atoms with E-state index < -0.39 is 11.7 Å². The van der Waals surface area contributed by atoms with E-state index in [1.807, 2.05) is 18.2 Å². The van der Waals surface area contributed by atoms with E-state index in [1.165, 1.54) is 6.07 Å². The minimum atomic E-state index is -0.467. The SMILES string of the molecule is C[C@@H](O)CNc1cc(=O)oc2ccccc12. The Bertz CT molecular complexity index is 545. The van der Waals surface area contributed by atoms with Crippen LogP contribution >= 0.6 is 0 Å². The van der Waals surface area contributed by atoms with Gasteiger partial charge in [-0.3, -0.25) is 0 Å². The summed E-state index contributed by atoms with van der Waals surface area (Å²) in [5, 5.41) is 13.0. The van der Waals surface area contributed by atoms with Crippen molar-refractivity contribution in [1.29, 1.82) is 0 Å². The van der Waals surface area contributed by atoms with Crippen molar-refractivity contribution < 1.29 is 9.52 Å². The molecule has 1 heterocycles. The van der Waals surface area contributed by atoms with Gasteiger partial charge in [0.05, 0.1) is 11.8 Å². The van der Waals surface area contributed by atoms with Crippen LogP contribution in [0.1, 0.15) is 6.92 Å². The molecule has 0 spiro atoms. The summed E-state index contributed by atoms with van der Waals surface area (Å²) in [7, 11) is 0. The van der Waals surface area contributed by atoms with Crippen molar-refractivity contribution in [3.8, 4) is 0 Å². The van der Waals surface area contributed by atoms with Gasteiger partial charge in [0.15, 0.2) is 0 Å². The molecular formula is C12H13NO3. The van der Waals surface area contributed by atoms with Crippen LogP contribution in [-0.2, 0) is 0 Å². The predicted molar refractivity (Wildman–Crippen MR) is 62.7 cm³/mol. The van der Waals surface area contributed by atoms with Crippen LogP contribution in [0.15, 0.2) is 39.5 Å². The van der Waals surface area contributed by atoms with E-state index in [-0.39, 0.29) is 0 Å². The lowest BCUT2D eigenvalue weighted by Crippen LogP contribution is -2.16. The first-order valence-corrected chi connectivity index (χ1v) is 5.11. The van der Waals surface area contributed by atoms with Gasteiger partial charge in [0.2, 0.25) is 0 Å². The van der Waals surface area contributed by atoms with Crippen molar-refractivity contribution in [2.24, 2.45) is 0 Å². The van der Waals surface area contributed by atoms with Gasteiger partial charge in [-0.1, -0.05) is 12.1 Å². The van der Waals surface area contributed by atoms with Gasteiger partial charge in [-0.2, -0.15) is 0 Å². The standard InChI is InChI=1S/C12H13NO3/c1-8(14)7-13-10-6-12(15)16-11-5-3-2-4-9(10)11/h2-6,8,13-14H,7H2,1H3/t8-/m1/s1. The third-order valence-corrected chi connectivity index (χ3v) is 2.24. The van der Waals surface area contributed by atoms with E-state index in [9.17, 15) is 9.90 Å². The minimum absolute atomic E-state index is 0.396. The molecule has 0 aliphatic carbocycles. The van der Waals surface area contributed by atoms with E-state index in [4.69, 9.17) is 4.42 Å². The van der Waals surface area contributed by atoms with Crippen molar-refractivity contribution >= 4 is 16.7 Å². The molecule has 0 radical (unpaired) electrons. The fraction of sp³-hybridized carbons (Fsp3) is 0.250. The van der Waals surface area contributed by atoms with E-state index in [2.05, 4.69) is 5.32 Å². The Hall–Kier alpha value is -1.81. The van der Waals surface area contributed by atoms with E-state index >= 15 is 0 Å². The topological polar surface area (TPSA) is 62.5 Å². The maximum Gasteiger partial charge on any atom is 0.338 e. The van der Waals surface area contributed by atoms with Crippen molar-refractivity contribution in [3.63, 3.8) is 0 Å². The van der Waals surface area contributed by atoms with E-state index in [0.717, 1.165) is 5.39 Å². The first kappa shape index (κ1) is 10.7. The molecule has 2 N–H and O–H groups in total. The van der Waals surface area contributed by atoms with Crippen molar-refractivity contribution in [2.45, 2.75) is 13.0 Å². The van der Waals surface area contributed by atoms with Gasteiger partial charge in [0, 0.05) is 18.0 Å². The highest BCUT2D eigenvalue weighted by Gasteiger charge is 2.04. The molecule has 0 amide bonds. The summed E-state index contributed by atoms with van der Waals surface area (Å²) in [6, 6.07) is 8.68. The smallest absolute Gasteiger partial charge is 0.338 e. The third-order valence-electron chi connectivity index (χ3n) is 2.24. The van der Waals surface area contributed by atoms with Crippen LogP contribution in [-0.4, -0.2) is 17.8 Å². The highest BCUT2D eigenvalue weighted by molar-refractivity contribution is 5.89. The van der Waals surface area contributed by atoms with Gasteiger partial charge in [-0.05, 0) is 19.1 Å². The largest absolute Gasteiger partial charge is 0.423 e. The normalized spacial score (nSPS) is 12.6. The second-order valence-electron chi connectivity index (χ2n) is 3.71. The van der Waals surface area contributed by atoms with Crippen LogP contribution in [0.4, 0.5) is 5.69 Å². The number of aliphatic hydroxyl groups excluding tert-OH is 1. The van der Waals surface area contributed by atoms with E-state index in [0.29, 0.717) is 17.8 Å². The fourth-order valence-electron chi connectivity index (χ4n) is 1.52. The van der Waals surface area contributed by atoms with Gasteiger partial charge in [-0.25, -0.2) is 4.79 Å². The molecule has 1 aromatic carbocycles. The molecule has 0 fully saturated rings. The first-order valence-electron chi connectivity index (χ1n) is 5.11. The van der Waals surface area contributed by atoms with Crippen molar-refractivity contribution in [2.75, 3.05) is 11.9 Å². The Morgan fingerprint density at radius 3 is 2.94 bits per heavy atom. The summed E-state index contributed by atoms with van der Waals surface area (Å²) in [6.45, 7) is 2.08. The number of nitrogens with one attached hydrogen (secondary N) is 1. The maximum absolute atomic E-state index is 11.3. The van der Waals surface area contributed by atoms with Gasteiger partial charge in [-0.15, -0.1) is 0 Å². The van der Waals surface area contributed by atoms with Crippen LogP contribution < -0.4 is 10.9 Å². The molecule has 16 heavy (non-hydrogen) atoms. The molecular weight excluding hydrogens is 206 g/mol. The molecule has 0 aliphatic heterocycles. The third kappa shape index (κ3) is 2.23. The van der Waals surface area contributed by atoms with Gasteiger partial charge in [0.25, 0.3) is 0 Å². The predicted octanol–water partition coefficient (Wildman–Crippen LogP) is 1.59. The minimum Gasteiger partial charge on any atom is -0.423 e. The van der Waals surface area contributed by atoms with Crippen molar-refractivity contribution in [3.05, 3.63) is 40.8 Å². The highest BCUT2D eigenvalue weighted by atomic mass is 16.4. The fourth-order valence-corrected chi connectivity index (χ4v) is 1.52. The van der Waals surface area contributed by atoms with Crippen LogP contribution in [0.2, 0.25) is 0 Å². The summed E-state index contributed by atoms with van der Waals surface area (Å²) < 4.78 is 5.05. The Morgan fingerprint density at radius 2 is 2.19 bits per heavy atom. The first-order chi connectivity index (χ1) is 7.66. The molecule has 0 saturated heterocycles. The zero-order chi connectivity index (χ0) is 11.5. The van der Waals surface area contributed by atoms with Crippen LogP contribution in [0.5, 0.6) is 0 Å². The average molecular weight is 219 g/mol. The zero-order valence-corrected chi connectivity index (χ0v) is 8.93. The van der Waals surface area contributed by atoms with Gasteiger partial charge < -0.3 is 14.8 Å². The number of para-hydroxylation sites is 1. The lowest BCUT2D eigenvalue weighted by molar-refractivity contribution is 0.208. The second kappa shape index (κ2) is 4.37. The maximum atomic E-state index is 11.3. The average Bonchev–Trinajstić information content (AvgIpc) is 2.25. The van der Waals surface area contributed by atoms with Gasteiger partial charge in [0.1, 0.15) is 5.58 Å². The number of rotatable bonds is 3. The summed E-state index contributed by atoms with van der Waals surface area (Å²) >= 11 is 0. The molecule has 1 aromatic heterocycles. The summed E-state index contributed by atoms with van der Waals surface area (Å²) in [5.41, 5.74) is 0.836. The number of fused-ring (bicyclic) bond motifs is 1. The number of benzene rings is 1. The number of hydrogen-bond donors (Lipinski definition) is 2. The molecule has 4 nitrogen and oxygen atoms in total. The Morgan fingerprint density at radius 1 is 1.44 bits per heavy atom. The van der Waals surface area contributed by atoms with Crippen LogP contribution in [0.3, 0.4) is 0 Å². The summed E-state index contributed by atoms with van der Waals surface area (Å²) in [6.07, 6.45) is -0.467. The van der Waals surface area contributed by atoms with Crippen molar-refractivity contribution in [1.82, 2.24) is 0 Å². The Balaban J connectivity index is 2.46. The van der Waals surface area contributed by atoms with Crippen LogP contribution in [0.25, 0.3) is 11.0 Å². The molecule has 1 atom stereocenters. The Kier molecular flexibility index (Phi) is 2.92. The molecule has 0 bridgehead atoms. The lowest BCUT2D eigenvalue weighted by atomic mass is 10.2. The van der Waals surface area contributed by atoms with Crippen LogP contribution in [0, 0.1) is 0 Å². The zero-order valence-electron chi connectivity index (χ0n) is 8.93. The molecule has 4 heteroatoms. The summed E-state index contributed by atoms with van der Waals surface area (Å²) in [5.74, 6) is 0. The summed E-state index contributed by atoms with van der Waals surface area (Å²) in [4.78, 5) is 11.3. The molecule has 84 valence electrons. The monoisotopic (exact) mass is 219 g/mol. The molecule has 0 unspecified atom stereocenters. The molecule has 2 aromatic rings. The number of aliphatic hydroxyl groups is 1. The Labute approximate surface area is 92.5 Å². The van der Waals surface area contributed by atoms with E-state index in [1.54, 1.807) is 13.0 Å². The van der Waals surface area contributed by atoms with Gasteiger partial charge >= 0.3 is 5.63 Å². The second-order valence-corrected chi connectivity index (χ2v) is 3.71. The lowest BCUT2D eigenvalue weighted by Gasteiger charge is -2.09. The highest BCUT2D eigenvalue weighted by Crippen LogP contribution is 2.20. The molecule has 0 saturated carbocycles. The quantitative estimate of drug-likeness (QED) is 0.769. The number of hydrogen-bond acceptors (Lipinski definition) is 4. The molecule has 0 aliphatic rings. The number of anilines is 1.